The van der Waals surface area contributed by atoms with E-state index in [1.165, 1.54) is 14.1 Å². The first kappa shape index (κ1) is 23.1. The van der Waals surface area contributed by atoms with Crippen LogP contribution in [0.25, 0.3) is 0 Å². The fraction of sp³-hybridized carbons (Fsp3) is 0.632. The highest BCUT2D eigenvalue weighted by Gasteiger charge is 2.52. The van der Waals surface area contributed by atoms with E-state index in [1.54, 1.807) is 26.8 Å². The summed E-state index contributed by atoms with van der Waals surface area (Å²) in [6.07, 6.45) is -0.679. The van der Waals surface area contributed by atoms with Crippen molar-refractivity contribution in [2.75, 3.05) is 19.0 Å². The molecule has 0 aliphatic heterocycles. The maximum Gasteiger partial charge on any atom is 0.410 e. The zero-order chi connectivity index (χ0) is 22.1. The molecule has 1 saturated carbocycles. The molecule has 1 heterocycles. The van der Waals surface area contributed by atoms with Gasteiger partial charge in [-0.25, -0.2) is 22.9 Å². The van der Waals surface area contributed by atoms with Gasteiger partial charge in [0.05, 0.1) is 11.6 Å². The molecule has 0 radical (unpaired) electrons. The lowest BCUT2D eigenvalue weighted by molar-refractivity contribution is -0.0813. The van der Waals surface area contributed by atoms with Gasteiger partial charge >= 0.3 is 6.09 Å². The van der Waals surface area contributed by atoms with Crippen LogP contribution in [0, 0.1) is 17.1 Å². The van der Waals surface area contributed by atoms with Gasteiger partial charge in [0.1, 0.15) is 22.9 Å². The highest BCUT2D eigenvalue weighted by molar-refractivity contribution is 6.30. The van der Waals surface area contributed by atoms with Gasteiger partial charge in [0.25, 0.3) is 5.92 Å². The molecule has 29 heavy (non-hydrogen) atoms. The summed E-state index contributed by atoms with van der Waals surface area (Å²) in [4.78, 5) is 18.4. The highest BCUT2D eigenvalue weighted by Crippen LogP contribution is 2.40. The molecule has 1 aromatic rings. The number of pyridine rings is 1. The van der Waals surface area contributed by atoms with E-state index in [0.717, 1.165) is 15.9 Å². The van der Waals surface area contributed by atoms with Crippen LogP contribution in [-0.4, -0.2) is 53.7 Å². The summed E-state index contributed by atoms with van der Waals surface area (Å²) < 4.78 is 49.7. The minimum atomic E-state index is -3.22. The summed E-state index contributed by atoms with van der Waals surface area (Å²) in [7, 11) is 2.66. The van der Waals surface area contributed by atoms with Crippen LogP contribution in [-0.2, 0) is 4.74 Å². The molecule has 1 fully saturated rings. The number of amides is 1. The molecule has 160 valence electrons. The Bertz CT molecular complexity index is 823. The molecular weight excluding hydrogens is 409 g/mol. The molecule has 1 amide bonds. The van der Waals surface area contributed by atoms with Crippen LogP contribution in [0.15, 0.2) is 6.07 Å². The Labute approximate surface area is 173 Å². The first-order valence-electron chi connectivity index (χ1n) is 9.11. The van der Waals surface area contributed by atoms with Gasteiger partial charge in [0, 0.05) is 20.5 Å². The Morgan fingerprint density at radius 3 is 2.59 bits per heavy atom. The Morgan fingerprint density at radius 1 is 1.41 bits per heavy atom. The fourth-order valence-electron chi connectivity index (χ4n) is 3.47. The van der Waals surface area contributed by atoms with Crippen LogP contribution in [0.2, 0.25) is 5.15 Å². The van der Waals surface area contributed by atoms with Gasteiger partial charge in [-0.05, 0) is 39.7 Å². The summed E-state index contributed by atoms with van der Waals surface area (Å²) in [6, 6.07) is 0.0414. The zero-order valence-corrected chi connectivity index (χ0v) is 17.7. The van der Waals surface area contributed by atoms with E-state index in [-0.39, 0.29) is 23.6 Å². The van der Waals surface area contributed by atoms with E-state index in [1.807, 2.05) is 0 Å². The van der Waals surface area contributed by atoms with Crippen molar-refractivity contribution in [2.24, 2.45) is 0 Å². The van der Waals surface area contributed by atoms with Crippen molar-refractivity contribution >= 4 is 23.5 Å². The van der Waals surface area contributed by atoms with Gasteiger partial charge in [0.2, 0.25) is 0 Å². The number of rotatable bonds is 3. The molecule has 0 saturated heterocycles. The fourth-order valence-corrected chi connectivity index (χ4v) is 3.64. The molecule has 2 rings (SSSR count). The number of nitriles is 1. The van der Waals surface area contributed by atoms with Crippen molar-refractivity contribution < 1.29 is 22.7 Å². The highest BCUT2D eigenvalue weighted by atomic mass is 35.5. The lowest BCUT2D eigenvalue weighted by Crippen LogP contribution is -2.62. The monoisotopic (exact) mass is 432 g/mol. The lowest BCUT2D eigenvalue weighted by atomic mass is 9.85. The molecule has 1 aliphatic carbocycles. The minimum absolute atomic E-state index is 0.194. The van der Waals surface area contributed by atoms with Gasteiger partial charge < -0.3 is 14.5 Å². The van der Waals surface area contributed by atoms with Gasteiger partial charge in [0.15, 0.2) is 11.6 Å². The summed E-state index contributed by atoms with van der Waals surface area (Å²) in [5.74, 6) is -4.58. The molecule has 0 aromatic carbocycles. The Balaban J connectivity index is 2.43. The molecule has 2 atom stereocenters. The van der Waals surface area contributed by atoms with Crippen molar-refractivity contribution in [3.8, 4) is 6.07 Å². The van der Waals surface area contributed by atoms with Crippen LogP contribution >= 0.6 is 11.6 Å². The summed E-state index contributed by atoms with van der Waals surface area (Å²) >= 11 is 5.88. The number of likely N-dealkylation sites (N-methyl/N-ethyl adjacent to an activating group) is 2. The van der Waals surface area contributed by atoms with Crippen molar-refractivity contribution in [1.29, 1.82) is 5.26 Å². The number of anilines is 1. The standard InChI is InChI=1S/C19H24ClF3N4O2/c1-18(2,3)29-17(28)26(4)13-7-6-8-19(22,23)14(13)27(5)16-12(21)9-11(10-24)15(20)25-16/h9,13-14H,6-8H2,1-5H3/t13-,14-/m0/s1. The second-order valence-electron chi connectivity index (χ2n) is 8.11. The van der Waals surface area contributed by atoms with Crippen LogP contribution in [0.3, 0.4) is 0 Å². The third kappa shape index (κ3) is 5.04. The Morgan fingerprint density at radius 2 is 2.03 bits per heavy atom. The summed E-state index contributed by atoms with van der Waals surface area (Å²) in [5, 5.41) is 8.65. The molecule has 1 aromatic heterocycles. The smallest absolute Gasteiger partial charge is 0.410 e. The third-order valence-corrected chi connectivity index (χ3v) is 5.06. The SMILES string of the molecule is CN(C(=O)OC(C)(C)C)[C@H]1CCCC(F)(F)[C@H]1N(C)c1nc(Cl)c(C#N)cc1F. The number of ether oxygens (including phenoxy) is 1. The van der Waals surface area contributed by atoms with Crippen LogP contribution < -0.4 is 4.90 Å². The second-order valence-corrected chi connectivity index (χ2v) is 8.47. The first-order chi connectivity index (χ1) is 13.3. The van der Waals surface area contributed by atoms with E-state index >= 15 is 0 Å². The first-order valence-corrected chi connectivity index (χ1v) is 9.49. The van der Waals surface area contributed by atoms with Crippen LogP contribution in [0.4, 0.5) is 23.8 Å². The average Bonchev–Trinajstić information content (AvgIpc) is 2.59. The van der Waals surface area contributed by atoms with Gasteiger partial charge in [-0.2, -0.15) is 5.26 Å². The number of hydrogen-bond donors (Lipinski definition) is 0. The van der Waals surface area contributed by atoms with Gasteiger partial charge in [-0.3, -0.25) is 0 Å². The number of carbonyl (C=O) groups is 1. The van der Waals surface area contributed by atoms with E-state index in [2.05, 4.69) is 4.98 Å². The largest absolute Gasteiger partial charge is 0.444 e. The lowest BCUT2D eigenvalue weighted by Gasteiger charge is -2.46. The van der Waals surface area contributed by atoms with Crippen molar-refractivity contribution in [1.82, 2.24) is 9.88 Å². The van der Waals surface area contributed by atoms with E-state index in [4.69, 9.17) is 21.6 Å². The topological polar surface area (TPSA) is 69.5 Å². The molecule has 6 nitrogen and oxygen atoms in total. The Hall–Kier alpha value is -2.21. The van der Waals surface area contributed by atoms with Crippen molar-refractivity contribution in [3.63, 3.8) is 0 Å². The number of alkyl halides is 2. The van der Waals surface area contributed by atoms with E-state index in [0.29, 0.717) is 0 Å². The molecule has 0 N–H and O–H groups in total. The predicted octanol–water partition coefficient (Wildman–Crippen LogP) is 4.61. The molecule has 10 heteroatoms. The quantitative estimate of drug-likeness (QED) is 0.652. The molecule has 0 bridgehead atoms. The molecule has 1 aliphatic rings. The maximum atomic E-state index is 14.9. The molecule has 0 unspecified atom stereocenters. The average molecular weight is 433 g/mol. The van der Waals surface area contributed by atoms with Crippen LogP contribution in [0.1, 0.15) is 45.6 Å². The van der Waals surface area contributed by atoms with Crippen LogP contribution in [0.5, 0.6) is 0 Å². The van der Waals surface area contributed by atoms with Gasteiger partial charge in [-0.15, -0.1) is 0 Å². The molecule has 0 spiro atoms. The number of carbonyl (C=O) groups excluding carboxylic acids is 1. The summed E-state index contributed by atoms with van der Waals surface area (Å²) in [5.41, 5.74) is -0.989. The number of hydrogen-bond acceptors (Lipinski definition) is 5. The predicted molar refractivity (Wildman–Crippen MR) is 103 cm³/mol. The number of nitrogens with zero attached hydrogens (tertiary/aromatic N) is 4. The van der Waals surface area contributed by atoms with Gasteiger partial charge in [-0.1, -0.05) is 11.6 Å². The minimum Gasteiger partial charge on any atom is -0.444 e. The second kappa shape index (κ2) is 8.27. The third-order valence-electron chi connectivity index (χ3n) is 4.77. The number of aromatic nitrogens is 1. The van der Waals surface area contributed by atoms with E-state index in [9.17, 15) is 18.0 Å². The van der Waals surface area contributed by atoms with Crippen molar-refractivity contribution in [3.05, 3.63) is 22.6 Å². The molecular formula is C19H24ClF3N4O2. The number of halogens is 4. The normalized spacial score (nSPS) is 21.2. The zero-order valence-electron chi connectivity index (χ0n) is 17.0. The van der Waals surface area contributed by atoms with Crippen molar-refractivity contribution in [2.45, 2.75) is 63.6 Å². The maximum absolute atomic E-state index is 14.9. The summed E-state index contributed by atoms with van der Waals surface area (Å²) in [6.45, 7) is 5.03. The Kier molecular flexibility index (Phi) is 6.58. The van der Waals surface area contributed by atoms with E-state index < -0.39 is 47.8 Å².